The Morgan fingerprint density at radius 2 is 1.75 bits per heavy atom. The quantitative estimate of drug-likeness (QED) is 0.671. The van der Waals surface area contributed by atoms with E-state index in [2.05, 4.69) is 5.32 Å². The van der Waals surface area contributed by atoms with Crippen molar-refractivity contribution in [1.82, 2.24) is 5.32 Å². The first-order valence-electron chi connectivity index (χ1n) is 8.15. The van der Waals surface area contributed by atoms with Crippen molar-refractivity contribution in [3.8, 4) is 0 Å². The Morgan fingerprint density at radius 1 is 1.12 bits per heavy atom. The van der Waals surface area contributed by atoms with Crippen molar-refractivity contribution >= 4 is 21.7 Å². The van der Waals surface area contributed by atoms with Crippen molar-refractivity contribution in [2.45, 2.75) is 44.4 Å². The number of hydrogen-bond acceptors (Lipinski definition) is 4. The van der Waals surface area contributed by atoms with Gasteiger partial charge in [-0.05, 0) is 37.1 Å². The Morgan fingerprint density at radius 3 is 2.25 bits per heavy atom. The molecule has 1 unspecified atom stereocenters. The number of hydrogen-bond donors (Lipinski definition) is 2. The summed E-state index contributed by atoms with van der Waals surface area (Å²) in [6.07, 6.45) is 2.60. The molecule has 134 valence electrons. The standard InChI is InChI=1S/C17H25NO5S/c1-3-5-11-24(22,23)15-9-7-13(8-10-15)16(19)18-12-14(6-4-2)17(20)21/h7-10,14H,3-6,11-12H2,1-2H3,(H,18,19)(H,20,21). The summed E-state index contributed by atoms with van der Waals surface area (Å²) in [5, 5.41) is 11.7. The second-order valence-electron chi connectivity index (χ2n) is 5.73. The zero-order valence-corrected chi connectivity index (χ0v) is 14.9. The summed E-state index contributed by atoms with van der Waals surface area (Å²) in [4.78, 5) is 23.3. The zero-order chi connectivity index (χ0) is 18.2. The molecule has 0 saturated heterocycles. The minimum atomic E-state index is -3.32. The smallest absolute Gasteiger partial charge is 0.308 e. The molecule has 0 saturated carbocycles. The van der Waals surface area contributed by atoms with Crippen LogP contribution in [0.25, 0.3) is 0 Å². The maximum absolute atomic E-state index is 12.1. The Kier molecular flexibility index (Phi) is 7.91. The molecule has 1 rings (SSSR count). The van der Waals surface area contributed by atoms with E-state index >= 15 is 0 Å². The number of aliphatic carboxylic acids is 1. The number of amides is 1. The molecular weight excluding hydrogens is 330 g/mol. The van der Waals surface area contributed by atoms with Crippen LogP contribution in [0.5, 0.6) is 0 Å². The number of carbonyl (C=O) groups is 2. The fraction of sp³-hybridized carbons (Fsp3) is 0.529. The van der Waals surface area contributed by atoms with Crippen LogP contribution < -0.4 is 5.32 Å². The van der Waals surface area contributed by atoms with Gasteiger partial charge in [0.15, 0.2) is 9.84 Å². The van der Waals surface area contributed by atoms with Gasteiger partial charge in [0.25, 0.3) is 5.91 Å². The van der Waals surface area contributed by atoms with Crippen molar-refractivity contribution in [1.29, 1.82) is 0 Å². The van der Waals surface area contributed by atoms with Crippen molar-refractivity contribution < 1.29 is 23.1 Å². The molecule has 2 N–H and O–H groups in total. The Bertz CT molecular complexity index is 652. The number of carboxylic acid groups (broad SMARTS) is 1. The lowest BCUT2D eigenvalue weighted by molar-refractivity contribution is -0.141. The summed E-state index contributed by atoms with van der Waals surface area (Å²) in [6.45, 7) is 3.86. The Labute approximate surface area is 143 Å². The predicted octanol–water partition coefficient (Wildman–Crippen LogP) is 2.49. The lowest BCUT2D eigenvalue weighted by atomic mass is 10.0. The van der Waals surface area contributed by atoms with Gasteiger partial charge in [-0.2, -0.15) is 0 Å². The van der Waals surface area contributed by atoms with Crippen molar-refractivity contribution in [3.05, 3.63) is 29.8 Å². The van der Waals surface area contributed by atoms with Crippen LogP contribution in [-0.2, 0) is 14.6 Å². The molecule has 1 aromatic rings. The molecule has 0 fully saturated rings. The van der Waals surface area contributed by atoms with E-state index in [0.29, 0.717) is 18.4 Å². The van der Waals surface area contributed by atoms with Crippen LogP contribution in [0.4, 0.5) is 0 Å². The molecule has 0 aromatic heterocycles. The summed E-state index contributed by atoms with van der Waals surface area (Å²) in [5.74, 6) is -1.87. The minimum absolute atomic E-state index is 0.0541. The highest BCUT2D eigenvalue weighted by molar-refractivity contribution is 7.91. The molecule has 1 aromatic carbocycles. The molecule has 0 aliphatic heterocycles. The average molecular weight is 355 g/mol. The van der Waals surface area contributed by atoms with E-state index in [1.165, 1.54) is 24.3 Å². The van der Waals surface area contributed by atoms with Crippen LogP contribution in [0.2, 0.25) is 0 Å². The second kappa shape index (κ2) is 9.42. The number of sulfone groups is 1. The topological polar surface area (TPSA) is 101 Å². The molecule has 0 spiro atoms. The normalized spacial score (nSPS) is 12.6. The van der Waals surface area contributed by atoms with Gasteiger partial charge in [-0.3, -0.25) is 9.59 Å². The maximum atomic E-state index is 12.1. The first kappa shape index (κ1) is 20.2. The summed E-state index contributed by atoms with van der Waals surface area (Å²) >= 11 is 0. The van der Waals surface area contributed by atoms with E-state index in [0.717, 1.165) is 12.8 Å². The Hall–Kier alpha value is -1.89. The number of rotatable bonds is 10. The monoisotopic (exact) mass is 355 g/mol. The predicted molar refractivity (Wildman–Crippen MR) is 91.8 cm³/mol. The van der Waals surface area contributed by atoms with Gasteiger partial charge in [-0.25, -0.2) is 8.42 Å². The van der Waals surface area contributed by atoms with Gasteiger partial charge in [0.2, 0.25) is 0 Å². The highest BCUT2D eigenvalue weighted by Gasteiger charge is 2.18. The van der Waals surface area contributed by atoms with E-state index in [4.69, 9.17) is 5.11 Å². The van der Waals surface area contributed by atoms with E-state index < -0.39 is 27.6 Å². The number of carbonyl (C=O) groups excluding carboxylic acids is 1. The van der Waals surface area contributed by atoms with Gasteiger partial charge in [0, 0.05) is 12.1 Å². The van der Waals surface area contributed by atoms with Crippen molar-refractivity contribution in [2.75, 3.05) is 12.3 Å². The largest absolute Gasteiger partial charge is 0.481 e. The summed E-state index contributed by atoms with van der Waals surface area (Å²) in [6, 6.07) is 5.73. The zero-order valence-electron chi connectivity index (χ0n) is 14.1. The van der Waals surface area contributed by atoms with E-state index in [1.807, 2.05) is 13.8 Å². The summed E-state index contributed by atoms with van der Waals surface area (Å²) in [5.41, 5.74) is 0.310. The van der Waals surface area contributed by atoms with Crippen molar-refractivity contribution in [3.63, 3.8) is 0 Å². The van der Waals surface area contributed by atoms with E-state index in [1.54, 1.807) is 0 Å². The summed E-state index contributed by atoms with van der Waals surface area (Å²) < 4.78 is 24.1. The third-order valence-electron chi connectivity index (χ3n) is 3.74. The molecular formula is C17H25NO5S. The van der Waals surface area contributed by atoms with Gasteiger partial charge in [-0.15, -0.1) is 0 Å². The van der Waals surface area contributed by atoms with Crippen LogP contribution in [0, 0.1) is 5.92 Å². The molecule has 0 aliphatic rings. The number of benzene rings is 1. The van der Waals surface area contributed by atoms with Gasteiger partial charge >= 0.3 is 5.97 Å². The maximum Gasteiger partial charge on any atom is 0.308 e. The van der Waals surface area contributed by atoms with Crippen LogP contribution in [0.3, 0.4) is 0 Å². The van der Waals surface area contributed by atoms with Gasteiger partial charge < -0.3 is 10.4 Å². The van der Waals surface area contributed by atoms with E-state index in [9.17, 15) is 18.0 Å². The first-order valence-corrected chi connectivity index (χ1v) is 9.80. The van der Waals surface area contributed by atoms with Gasteiger partial charge in [-0.1, -0.05) is 26.7 Å². The molecule has 6 nitrogen and oxygen atoms in total. The lowest BCUT2D eigenvalue weighted by Crippen LogP contribution is -2.32. The van der Waals surface area contributed by atoms with Gasteiger partial charge in [0.1, 0.15) is 0 Å². The highest BCUT2D eigenvalue weighted by Crippen LogP contribution is 2.14. The third kappa shape index (κ3) is 5.96. The molecule has 0 radical (unpaired) electrons. The van der Waals surface area contributed by atoms with Crippen LogP contribution in [0.1, 0.15) is 49.9 Å². The number of unbranched alkanes of at least 4 members (excludes halogenated alkanes) is 1. The first-order chi connectivity index (χ1) is 11.3. The molecule has 1 amide bonds. The minimum Gasteiger partial charge on any atom is -0.481 e. The summed E-state index contributed by atoms with van der Waals surface area (Å²) in [7, 11) is -3.32. The number of carboxylic acids is 1. The molecule has 24 heavy (non-hydrogen) atoms. The van der Waals surface area contributed by atoms with Crippen LogP contribution in [0.15, 0.2) is 29.2 Å². The second-order valence-corrected chi connectivity index (χ2v) is 7.84. The Balaban J connectivity index is 2.71. The van der Waals surface area contributed by atoms with Crippen molar-refractivity contribution in [2.24, 2.45) is 5.92 Å². The molecule has 1 atom stereocenters. The molecule has 0 heterocycles. The SMILES string of the molecule is CCCCS(=O)(=O)c1ccc(C(=O)NCC(CCC)C(=O)O)cc1. The van der Waals surface area contributed by atoms with E-state index in [-0.39, 0.29) is 17.2 Å². The molecule has 0 bridgehead atoms. The number of nitrogens with one attached hydrogen (secondary N) is 1. The third-order valence-corrected chi connectivity index (χ3v) is 5.55. The average Bonchev–Trinajstić information content (AvgIpc) is 2.56. The van der Waals surface area contributed by atoms with Crippen LogP contribution >= 0.6 is 0 Å². The van der Waals surface area contributed by atoms with Crippen LogP contribution in [-0.4, -0.2) is 37.7 Å². The molecule has 0 aliphatic carbocycles. The fourth-order valence-electron chi connectivity index (χ4n) is 2.25. The highest BCUT2D eigenvalue weighted by atomic mass is 32.2. The molecule has 7 heteroatoms. The lowest BCUT2D eigenvalue weighted by Gasteiger charge is -2.12. The fourth-order valence-corrected chi connectivity index (χ4v) is 3.70. The van der Waals surface area contributed by atoms with Gasteiger partial charge in [0.05, 0.1) is 16.6 Å².